The smallest absolute Gasteiger partial charge is 0.321 e. The lowest BCUT2D eigenvalue weighted by atomic mass is 10.0. The first-order valence-electron chi connectivity index (χ1n) is 8.65. The van der Waals surface area contributed by atoms with Gasteiger partial charge in [-0.1, -0.05) is 17.7 Å². The molecule has 0 bridgehead atoms. The zero-order valence-electron chi connectivity index (χ0n) is 14.8. The molecule has 1 aromatic carbocycles. The van der Waals surface area contributed by atoms with Crippen molar-refractivity contribution in [2.24, 2.45) is 0 Å². The Morgan fingerprint density at radius 2 is 1.83 bits per heavy atom. The monoisotopic (exact) mass is 332 g/mol. The fourth-order valence-corrected chi connectivity index (χ4v) is 2.90. The molecule has 1 fully saturated rings. The van der Waals surface area contributed by atoms with Crippen LogP contribution in [0.3, 0.4) is 0 Å². The molecular formula is C18H28N4O2. The van der Waals surface area contributed by atoms with Gasteiger partial charge in [0.15, 0.2) is 0 Å². The quantitative estimate of drug-likeness (QED) is 0.772. The van der Waals surface area contributed by atoms with E-state index in [9.17, 15) is 9.59 Å². The van der Waals surface area contributed by atoms with Crippen LogP contribution in [-0.4, -0.2) is 48.6 Å². The third-order valence-corrected chi connectivity index (χ3v) is 4.45. The summed E-state index contributed by atoms with van der Waals surface area (Å²) in [4.78, 5) is 25.7. The van der Waals surface area contributed by atoms with Gasteiger partial charge in [0.05, 0.1) is 6.04 Å². The SMILES string of the molecule is CCNC(=O)NC(=O)[C@H](C)N1CCC(Nc2ccc(C)cc2)CC1. The van der Waals surface area contributed by atoms with E-state index < -0.39 is 6.03 Å². The van der Waals surface area contributed by atoms with Crippen molar-refractivity contribution < 1.29 is 9.59 Å². The topological polar surface area (TPSA) is 73.5 Å². The lowest BCUT2D eigenvalue weighted by Gasteiger charge is -2.35. The Kier molecular flexibility index (Phi) is 6.61. The molecule has 1 aliphatic rings. The zero-order chi connectivity index (χ0) is 17.5. The van der Waals surface area contributed by atoms with Gasteiger partial charge in [0.25, 0.3) is 0 Å². The van der Waals surface area contributed by atoms with Crippen LogP contribution in [0.2, 0.25) is 0 Å². The average molecular weight is 332 g/mol. The molecule has 2 rings (SSSR count). The first-order chi connectivity index (χ1) is 11.5. The van der Waals surface area contributed by atoms with Gasteiger partial charge >= 0.3 is 6.03 Å². The fraction of sp³-hybridized carbons (Fsp3) is 0.556. The molecule has 0 saturated carbocycles. The van der Waals surface area contributed by atoms with Gasteiger partial charge < -0.3 is 10.6 Å². The number of carbonyl (C=O) groups excluding carboxylic acids is 2. The number of anilines is 1. The molecule has 1 aliphatic heterocycles. The van der Waals surface area contributed by atoms with Gasteiger partial charge in [0.2, 0.25) is 5.91 Å². The normalized spacial score (nSPS) is 17.1. The van der Waals surface area contributed by atoms with Crippen molar-refractivity contribution in [1.29, 1.82) is 0 Å². The highest BCUT2D eigenvalue weighted by molar-refractivity contribution is 5.96. The molecule has 0 aliphatic carbocycles. The highest BCUT2D eigenvalue weighted by atomic mass is 16.2. The van der Waals surface area contributed by atoms with Gasteiger partial charge in [-0.15, -0.1) is 0 Å². The summed E-state index contributed by atoms with van der Waals surface area (Å²) >= 11 is 0. The molecule has 24 heavy (non-hydrogen) atoms. The molecule has 0 spiro atoms. The molecule has 0 radical (unpaired) electrons. The van der Waals surface area contributed by atoms with Gasteiger partial charge in [-0.2, -0.15) is 0 Å². The van der Waals surface area contributed by atoms with Crippen molar-refractivity contribution in [3.8, 4) is 0 Å². The van der Waals surface area contributed by atoms with E-state index in [-0.39, 0.29) is 11.9 Å². The van der Waals surface area contributed by atoms with Crippen molar-refractivity contribution in [2.45, 2.75) is 45.7 Å². The standard InChI is InChI=1S/C18H28N4O2/c1-4-19-18(24)21-17(23)14(3)22-11-9-16(10-12-22)20-15-7-5-13(2)6-8-15/h5-8,14,16,20H,4,9-12H2,1-3H3,(H2,19,21,23,24)/t14-/m0/s1. The van der Waals surface area contributed by atoms with Crippen LogP contribution in [0.25, 0.3) is 0 Å². The van der Waals surface area contributed by atoms with Gasteiger partial charge in [-0.25, -0.2) is 4.79 Å². The van der Waals surface area contributed by atoms with Crippen LogP contribution in [-0.2, 0) is 4.79 Å². The number of rotatable bonds is 5. The third kappa shape index (κ3) is 5.23. The Bertz CT molecular complexity index is 551. The lowest BCUT2D eigenvalue weighted by molar-refractivity contribution is -0.125. The number of aryl methyl sites for hydroxylation is 1. The summed E-state index contributed by atoms with van der Waals surface area (Å²) in [6, 6.07) is 8.10. The molecule has 1 aromatic rings. The molecule has 1 heterocycles. The Balaban J connectivity index is 1.78. The van der Waals surface area contributed by atoms with E-state index in [1.165, 1.54) is 5.56 Å². The van der Waals surface area contributed by atoms with Crippen LogP contribution < -0.4 is 16.0 Å². The fourth-order valence-electron chi connectivity index (χ4n) is 2.90. The second-order valence-electron chi connectivity index (χ2n) is 6.35. The van der Waals surface area contributed by atoms with Gasteiger partial charge in [-0.3, -0.25) is 15.0 Å². The molecule has 132 valence electrons. The van der Waals surface area contributed by atoms with Crippen LogP contribution >= 0.6 is 0 Å². The number of nitrogens with zero attached hydrogens (tertiary/aromatic N) is 1. The summed E-state index contributed by atoms with van der Waals surface area (Å²) in [7, 11) is 0. The first-order valence-corrected chi connectivity index (χ1v) is 8.65. The van der Waals surface area contributed by atoms with Crippen LogP contribution in [0.4, 0.5) is 10.5 Å². The highest BCUT2D eigenvalue weighted by Crippen LogP contribution is 2.18. The molecule has 3 N–H and O–H groups in total. The number of piperidine rings is 1. The average Bonchev–Trinajstić information content (AvgIpc) is 2.57. The second kappa shape index (κ2) is 8.68. The van der Waals surface area contributed by atoms with E-state index >= 15 is 0 Å². The van der Waals surface area contributed by atoms with E-state index in [1.54, 1.807) is 0 Å². The van der Waals surface area contributed by atoms with E-state index in [4.69, 9.17) is 0 Å². The number of amides is 3. The number of benzene rings is 1. The number of carbonyl (C=O) groups is 2. The van der Waals surface area contributed by atoms with E-state index in [1.807, 2.05) is 13.8 Å². The largest absolute Gasteiger partial charge is 0.382 e. The van der Waals surface area contributed by atoms with Crippen molar-refractivity contribution in [1.82, 2.24) is 15.5 Å². The predicted molar refractivity (Wildman–Crippen MR) is 96.1 cm³/mol. The Labute approximate surface area is 144 Å². The Morgan fingerprint density at radius 3 is 2.42 bits per heavy atom. The number of likely N-dealkylation sites (tertiary alicyclic amines) is 1. The maximum Gasteiger partial charge on any atom is 0.321 e. The zero-order valence-corrected chi connectivity index (χ0v) is 14.8. The van der Waals surface area contributed by atoms with Crippen molar-refractivity contribution in [3.63, 3.8) is 0 Å². The van der Waals surface area contributed by atoms with Gasteiger partial charge in [-0.05, 0) is 45.7 Å². The molecule has 0 unspecified atom stereocenters. The minimum absolute atomic E-state index is 0.245. The van der Waals surface area contributed by atoms with Gasteiger partial charge in [0.1, 0.15) is 0 Å². The minimum atomic E-state index is -0.426. The van der Waals surface area contributed by atoms with Crippen LogP contribution in [0.5, 0.6) is 0 Å². The molecule has 0 aromatic heterocycles. The van der Waals surface area contributed by atoms with Crippen molar-refractivity contribution >= 4 is 17.6 Å². The second-order valence-corrected chi connectivity index (χ2v) is 6.35. The predicted octanol–water partition coefficient (Wildman–Crippen LogP) is 2.11. The van der Waals surface area contributed by atoms with Crippen molar-refractivity contribution in [3.05, 3.63) is 29.8 Å². The Hall–Kier alpha value is -2.08. The lowest BCUT2D eigenvalue weighted by Crippen LogP contribution is -2.52. The summed E-state index contributed by atoms with van der Waals surface area (Å²) in [6.45, 7) is 7.93. The molecular weight excluding hydrogens is 304 g/mol. The molecule has 1 atom stereocenters. The van der Waals surface area contributed by atoms with Crippen LogP contribution in [0.15, 0.2) is 24.3 Å². The van der Waals surface area contributed by atoms with Crippen molar-refractivity contribution in [2.75, 3.05) is 25.0 Å². The number of imide groups is 1. The van der Waals surface area contributed by atoms with E-state index in [2.05, 4.69) is 52.0 Å². The summed E-state index contributed by atoms with van der Waals surface area (Å²) in [5, 5.41) is 8.52. The van der Waals surface area contributed by atoms with E-state index in [0.717, 1.165) is 31.6 Å². The summed E-state index contributed by atoms with van der Waals surface area (Å²) < 4.78 is 0. The summed E-state index contributed by atoms with van der Waals surface area (Å²) in [6.07, 6.45) is 1.96. The molecule has 1 saturated heterocycles. The molecule has 3 amide bonds. The van der Waals surface area contributed by atoms with Crippen LogP contribution in [0.1, 0.15) is 32.3 Å². The number of nitrogens with one attached hydrogen (secondary N) is 3. The Morgan fingerprint density at radius 1 is 1.21 bits per heavy atom. The molecule has 6 heteroatoms. The maximum atomic E-state index is 12.1. The summed E-state index contributed by atoms with van der Waals surface area (Å²) in [5.41, 5.74) is 2.39. The maximum absolute atomic E-state index is 12.1. The minimum Gasteiger partial charge on any atom is -0.382 e. The third-order valence-electron chi connectivity index (χ3n) is 4.45. The highest BCUT2D eigenvalue weighted by Gasteiger charge is 2.27. The number of hydrogen-bond acceptors (Lipinski definition) is 4. The number of hydrogen-bond donors (Lipinski definition) is 3. The first kappa shape index (κ1) is 18.3. The van der Waals surface area contributed by atoms with E-state index in [0.29, 0.717) is 12.6 Å². The number of urea groups is 1. The van der Waals surface area contributed by atoms with Gasteiger partial charge in [0, 0.05) is 31.4 Å². The van der Waals surface area contributed by atoms with Crippen LogP contribution in [0, 0.1) is 6.92 Å². The molecule has 6 nitrogen and oxygen atoms in total. The summed E-state index contributed by atoms with van der Waals surface area (Å²) in [5.74, 6) is -0.245.